The standard InChI is InChI=1S/C15H20N2O/c1-10(2)14-6-4-5-11-9-16-17(15(11)14)12-7-13(8-12)18-3/h4-6,9-10,12-13H,7-8H2,1-3H3. The molecule has 3 nitrogen and oxygen atoms in total. The predicted octanol–water partition coefficient (Wildman–Crippen LogP) is 3.51. The lowest BCUT2D eigenvalue weighted by atomic mass is 9.89. The minimum atomic E-state index is 0.417. The molecule has 1 fully saturated rings. The Labute approximate surface area is 108 Å². The van der Waals surface area contributed by atoms with E-state index in [1.807, 2.05) is 6.20 Å². The molecule has 3 rings (SSSR count). The van der Waals surface area contributed by atoms with Crippen molar-refractivity contribution in [2.75, 3.05) is 7.11 Å². The molecule has 0 saturated heterocycles. The quantitative estimate of drug-likeness (QED) is 0.826. The molecular weight excluding hydrogens is 224 g/mol. The first kappa shape index (κ1) is 11.7. The third kappa shape index (κ3) is 1.74. The van der Waals surface area contributed by atoms with Crippen molar-refractivity contribution in [3.8, 4) is 0 Å². The zero-order valence-corrected chi connectivity index (χ0v) is 11.3. The average Bonchev–Trinajstić information content (AvgIpc) is 2.71. The van der Waals surface area contributed by atoms with E-state index >= 15 is 0 Å². The maximum atomic E-state index is 5.36. The van der Waals surface area contributed by atoms with Crippen molar-refractivity contribution in [3.63, 3.8) is 0 Å². The summed E-state index contributed by atoms with van der Waals surface area (Å²) in [4.78, 5) is 0. The summed E-state index contributed by atoms with van der Waals surface area (Å²) >= 11 is 0. The van der Waals surface area contributed by atoms with Crippen molar-refractivity contribution in [2.45, 2.75) is 44.8 Å². The molecule has 18 heavy (non-hydrogen) atoms. The number of benzene rings is 1. The Morgan fingerprint density at radius 1 is 1.33 bits per heavy atom. The van der Waals surface area contributed by atoms with E-state index in [-0.39, 0.29) is 0 Å². The molecule has 1 heterocycles. The van der Waals surface area contributed by atoms with Crippen molar-refractivity contribution in [2.24, 2.45) is 0 Å². The van der Waals surface area contributed by atoms with Crippen LogP contribution in [0.3, 0.4) is 0 Å². The van der Waals surface area contributed by atoms with E-state index in [1.54, 1.807) is 7.11 Å². The molecule has 0 radical (unpaired) electrons. The number of para-hydroxylation sites is 1. The summed E-state index contributed by atoms with van der Waals surface area (Å²) in [5.41, 5.74) is 2.71. The van der Waals surface area contributed by atoms with Crippen LogP contribution in [0.25, 0.3) is 10.9 Å². The Morgan fingerprint density at radius 3 is 2.78 bits per heavy atom. The van der Waals surface area contributed by atoms with E-state index in [0.29, 0.717) is 18.1 Å². The highest BCUT2D eigenvalue weighted by Crippen LogP contribution is 2.37. The van der Waals surface area contributed by atoms with Gasteiger partial charge in [0.05, 0.1) is 23.9 Å². The molecule has 1 aromatic heterocycles. The monoisotopic (exact) mass is 244 g/mol. The van der Waals surface area contributed by atoms with Gasteiger partial charge in [0.25, 0.3) is 0 Å². The predicted molar refractivity (Wildman–Crippen MR) is 72.9 cm³/mol. The van der Waals surface area contributed by atoms with Gasteiger partial charge in [0.2, 0.25) is 0 Å². The zero-order chi connectivity index (χ0) is 12.7. The van der Waals surface area contributed by atoms with E-state index in [2.05, 4.69) is 41.8 Å². The second-order valence-corrected chi connectivity index (χ2v) is 5.51. The van der Waals surface area contributed by atoms with Crippen LogP contribution in [0.2, 0.25) is 0 Å². The number of hydrogen-bond donors (Lipinski definition) is 0. The van der Waals surface area contributed by atoms with Crippen molar-refractivity contribution in [1.82, 2.24) is 9.78 Å². The Kier molecular flexibility index (Phi) is 2.86. The van der Waals surface area contributed by atoms with Gasteiger partial charge in [0, 0.05) is 12.5 Å². The smallest absolute Gasteiger partial charge is 0.0720 e. The summed E-state index contributed by atoms with van der Waals surface area (Å²) in [5.74, 6) is 0.530. The van der Waals surface area contributed by atoms with Crippen molar-refractivity contribution >= 4 is 10.9 Å². The van der Waals surface area contributed by atoms with Crippen LogP contribution < -0.4 is 0 Å². The number of fused-ring (bicyclic) bond motifs is 1. The van der Waals surface area contributed by atoms with Crippen LogP contribution in [0.15, 0.2) is 24.4 Å². The first-order chi connectivity index (χ1) is 8.70. The fourth-order valence-corrected chi connectivity index (χ4v) is 2.80. The van der Waals surface area contributed by atoms with Crippen LogP contribution in [0.5, 0.6) is 0 Å². The molecule has 3 heteroatoms. The van der Waals surface area contributed by atoms with Gasteiger partial charge in [-0.25, -0.2) is 0 Å². The molecule has 0 amide bonds. The lowest BCUT2D eigenvalue weighted by Crippen LogP contribution is -2.33. The minimum absolute atomic E-state index is 0.417. The number of ether oxygens (including phenoxy) is 1. The molecule has 0 aliphatic heterocycles. The number of hydrogen-bond acceptors (Lipinski definition) is 2. The number of methoxy groups -OCH3 is 1. The summed E-state index contributed by atoms with van der Waals surface area (Å²) < 4.78 is 7.57. The van der Waals surface area contributed by atoms with E-state index in [9.17, 15) is 0 Å². The molecule has 2 aromatic rings. The van der Waals surface area contributed by atoms with Crippen LogP contribution in [0.1, 0.15) is 44.2 Å². The Balaban J connectivity index is 2.03. The molecule has 1 aromatic carbocycles. The van der Waals surface area contributed by atoms with Crippen LogP contribution in [-0.4, -0.2) is 23.0 Å². The van der Waals surface area contributed by atoms with E-state index in [4.69, 9.17) is 4.74 Å². The normalized spacial score (nSPS) is 23.6. The maximum absolute atomic E-state index is 5.36. The summed E-state index contributed by atoms with van der Waals surface area (Å²) in [6.45, 7) is 4.48. The zero-order valence-electron chi connectivity index (χ0n) is 11.3. The van der Waals surface area contributed by atoms with Crippen LogP contribution in [-0.2, 0) is 4.74 Å². The van der Waals surface area contributed by atoms with Gasteiger partial charge in [-0.1, -0.05) is 32.0 Å². The lowest BCUT2D eigenvalue weighted by Gasteiger charge is -2.35. The molecule has 0 bridgehead atoms. The average molecular weight is 244 g/mol. The van der Waals surface area contributed by atoms with Crippen molar-refractivity contribution in [1.29, 1.82) is 0 Å². The first-order valence-corrected chi connectivity index (χ1v) is 6.69. The second-order valence-electron chi connectivity index (χ2n) is 5.51. The fraction of sp³-hybridized carbons (Fsp3) is 0.533. The van der Waals surface area contributed by atoms with E-state index in [1.165, 1.54) is 16.5 Å². The van der Waals surface area contributed by atoms with Gasteiger partial charge in [-0.05, 0) is 24.3 Å². The Hall–Kier alpha value is -1.35. The van der Waals surface area contributed by atoms with Gasteiger partial charge < -0.3 is 4.74 Å². The molecule has 0 unspecified atom stereocenters. The third-order valence-corrected chi connectivity index (χ3v) is 4.02. The minimum Gasteiger partial charge on any atom is -0.381 e. The highest BCUT2D eigenvalue weighted by molar-refractivity contribution is 5.82. The van der Waals surface area contributed by atoms with Gasteiger partial charge in [-0.15, -0.1) is 0 Å². The van der Waals surface area contributed by atoms with E-state index in [0.717, 1.165) is 12.8 Å². The van der Waals surface area contributed by atoms with Crippen LogP contribution in [0, 0.1) is 0 Å². The number of nitrogens with zero attached hydrogens (tertiary/aromatic N) is 2. The molecule has 0 atom stereocenters. The summed E-state index contributed by atoms with van der Waals surface area (Å²) in [6, 6.07) is 7.00. The lowest BCUT2D eigenvalue weighted by molar-refractivity contribution is 0.00383. The molecule has 0 spiro atoms. The number of rotatable bonds is 3. The summed E-state index contributed by atoms with van der Waals surface area (Å²) in [6.07, 6.45) is 4.57. The molecule has 96 valence electrons. The topological polar surface area (TPSA) is 27.1 Å². The van der Waals surface area contributed by atoms with Gasteiger partial charge in [0.1, 0.15) is 0 Å². The van der Waals surface area contributed by atoms with Crippen LogP contribution in [0.4, 0.5) is 0 Å². The first-order valence-electron chi connectivity index (χ1n) is 6.69. The molecular formula is C15H20N2O. The van der Waals surface area contributed by atoms with Crippen molar-refractivity contribution in [3.05, 3.63) is 30.0 Å². The molecule has 0 N–H and O–H groups in total. The summed E-state index contributed by atoms with van der Waals surface area (Å²) in [5, 5.41) is 5.84. The van der Waals surface area contributed by atoms with Gasteiger partial charge >= 0.3 is 0 Å². The number of aromatic nitrogens is 2. The Morgan fingerprint density at radius 2 is 2.11 bits per heavy atom. The van der Waals surface area contributed by atoms with Gasteiger partial charge in [0.15, 0.2) is 0 Å². The van der Waals surface area contributed by atoms with Gasteiger partial charge in [-0.3, -0.25) is 4.68 Å². The maximum Gasteiger partial charge on any atom is 0.0720 e. The summed E-state index contributed by atoms with van der Waals surface area (Å²) in [7, 11) is 1.79. The fourth-order valence-electron chi connectivity index (χ4n) is 2.80. The van der Waals surface area contributed by atoms with E-state index < -0.39 is 0 Å². The van der Waals surface area contributed by atoms with Gasteiger partial charge in [-0.2, -0.15) is 5.10 Å². The SMILES string of the molecule is COC1CC(n2ncc3cccc(C(C)C)c32)C1. The second kappa shape index (κ2) is 4.39. The molecule has 1 saturated carbocycles. The third-order valence-electron chi connectivity index (χ3n) is 4.02. The largest absolute Gasteiger partial charge is 0.381 e. The Bertz CT molecular complexity index is 553. The highest BCUT2D eigenvalue weighted by Gasteiger charge is 2.32. The highest BCUT2D eigenvalue weighted by atomic mass is 16.5. The molecule has 1 aliphatic carbocycles. The van der Waals surface area contributed by atoms with Crippen molar-refractivity contribution < 1.29 is 4.74 Å². The van der Waals surface area contributed by atoms with Crippen LogP contribution >= 0.6 is 0 Å². The molecule has 1 aliphatic rings.